The van der Waals surface area contributed by atoms with Crippen molar-refractivity contribution in [3.8, 4) is 17.2 Å². The van der Waals surface area contributed by atoms with Gasteiger partial charge in [0.05, 0.1) is 21.3 Å². The first kappa shape index (κ1) is 25.1. The summed E-state index contributed by atoms with van der Waals surface area (Å²) in [5, 5.41) is 5.38. The molecular weight excluding hydrogens is 452 g/mol. The average Bonchev–Trinajstić information content (AvgIpc) is 2.83. The van der Waals surface area contributed by atoms with E-state index in [1.165, 1.54) is 40.6 Å². The molecule has 192 valence electrons. The lowest BCUT2D eigenvalue weighted by Crippen LogP contribution is -2.48. The molecule has 1 aromatic carbocycles. The number of benzene rings is 1. The molecule has 2 amide bonds. The Labute approximate surface area is 206 Å². The van der Waals surface area contributed by atoms with Gasteiger partial charge in [-0.05, 0) is 67.8 Å². The van der Waals surface area contributed by atoms with Gasteiger partial charge in [-0.2, -0.15) is 0 Å². The lowest BCUT2D eigenvalue weighted by Gasteiger charge is -2.56. The maximum atomic E-state index is 12.6. The van der Waals surface area contributed by atoms with Crippen molar-refractivity contribution in [1.29, 1.82) is 0 Å². The molecule has 0 heterocycles. The van der Waals surface area contributed by atoms with Gasteiger partial charge in [0, 0.05) is 24.6 Å². The Hall–Kier alpha value is -2.97. The van der Waals surface area contributed by atoms with Crippen molar-refractivity contribution >= 4 is 17.8 Å². The van der Waals surface area contributed by atoms with Crippen LogP contribution in [0, 0.1) is 23.2 Å². The number of hydrogen-bond acceptors (Lipinski definition) is 7. The van der Waals surface area contributed by atoms with Gasteiger partial charge in [0.1, 0.15) is 12.3 Å². The van der Waals surface area contributed by atoms with Crippen LogP contribution in [0.3, 0.4) is 0 Å². The highest BCUT2D eigenvalue weighted by Gasteiger charge is 2.51. The lowest BCUT2D eigenvalue weighted by atomic mass is 9.49. The number of methoxy groups -OCH3 is 3. The Morgan fingerprint density at radius 3 is 1.97 bits per heavy atom. The van der Waals surface area contributed by atoms with Crippen molar-refractivity contribution in [2.75, 3.05) is 34.5 Å². The highest BCUT2D eigenvalue weighted by atomic mass is 16.5. The first-order valence-electron chi connectivity index (χ1n) is 12.3. The zero-order chi connectivity index (χ0) is 25.0. The second kappa shape index (κ2) is 10.7. The number of carbonyl (C=O) groups is 3. The molecule has 9 nitrogen and oxygen atoms in total. The molecule has 9 heteroatoms. The lowest BCUT2D eigenvalue weighted by molar-refractivity contribution is -0.148. The molecule has 4 bridgehead atoms. The number of esters is 1. The van der Waals surface area contributed by atoms with Gasteiger partial charge >= 0.3 is 5.97 Å². The maximum absolute atomic E-state index is 12.6. The summed E-state index contributed by atoms with van der Waals surface area (Å²) in [6, 6.07) is 3.38. The Balaban J connectivity index is 1.17. The van der Waals surface area contributed by atoms with Gasteiger partial charge in [-0.1, -0.05) is 0 Å². The molecular formula is C26H36N2O7. The van der Waals surface area contributed by atoms with Crippen LogP contribution >= 0.6 is 0 Å². The number of nitrogens with one attached hydrogen (secondary N) is 2. The summed E-state index contributed by atoms with van der Waals surface area (Å²) in [5.74, 6) is 2.67. The fraction of sp³-hybridized carbons (Fsp3) is 0.654. The Kier molecular flexibility index (Phi) is 7.72. The number of ether oxygens (including phenoxy) is 4. The van der Waals surface area contributed by atoms with E-state index in [1.54, 1.807) is 12.1 Å². The van der Waals surface area contributed by atoms with E-state index >= 15 is 0 Å². The fourth-order valence-corrected chi connectivity index (χ4v) is 6.75. The summed E-state index contributed by atoms with van der Waals surface area (Å²) in [7, 11) is 4.57. The summed E-state index contributed by atoms with van der Waals surface area (Å²) in [5.41, 5.74) is 0.801. The van der Waals surface area contributed by atoms with E-state index in [-0.39, 0.29) is 24.4 Å². The minimum absolute atomic E-state index is 0.103. The third-order valence-electron chi connectivity index (χ3n) is 7.76. The van der Waals surface area contributed by atoms with E-state index in [0.29, 0.717) is 29.2 Å². The second-order valence-electron chi connectivity index (χ2n) is 10.3. The van der Waals surface area contributed by atoms with Crippen LogP contribution in [0.5, 0.6) is 17.2 Å². The van der Waals surface area contributed by atoms with Gasteiger partial charge in [0.15, 0.2) is 18.1 Å². The van der Waals surface area contributed by atoms with E-state index < -0.39 is 18.5 Å². The molecule has 0 radical (unpaired) electrons. The first-order chi connectivity index (χ1) is 16.8. The fourth-order valence-electron chi connectivity index (χ4n) is 6.75. The van der Waals surface area contributed by atoms with E-state index in [4.69, 9.17) is 18.9 Å². The predicted octanol–water partition coefficient (Wildman–Crippen LogP) is 2.59. The normalized spacial score (nSPS) is 26.1. The van der Waals surface area contributed by atoms with Crippen molar-refractivity contribution in [2.24, 2.45) is 23.2 Å². The van der Waals surface area contributed by atoms with E-state index in [9.17, 15) is 14.4 Å². The standard InChI is InChI=1S/C26H36N2O7/c1-32-20-8-22(34-3)21(33-2)7-19(20)13-27-24(30)15-35-25(31)14-28-23(29)12-26-9-16-4-17(10-26)6-18(5-16)11-26/h7-8,16-18H,4-6,9-15H2,1-3H3,(H,27,30)(H,28,29). The number of amides is 2. The van der Waals surface area contributed by atoms with Crippen LogP contribution in [0.4, 0.5) is 0 Å². The van der Waals surface area contributed by atoms with Gasteiger partial charge in [-0.25, -0.2) is 0 Å². The molecule has 0 unspecified atom stereocenters. The van der Waals surface area contributed by atoms with Gasteiger partial charge in [0.25, 0.3) is 5.91 Å². The maximum Gasteiger partial charge on any atom is 0.325 e. The molecule has 4 saturated carbocycles. The van der Waals surface area contributed by atoms with Gasteiger partial charge < -0.3 is 29.6 Å². The van der Waals surface area contributed by atoms with Crippen molar-refractivity contribution in [2.45, 2.75) is 51.5 Å². The molecule has 2 N–H and O–H groups in total. The predicted molar refractivity (Wildman–Crippen MR) is 127 cm³/mol. The molecule has 1 aromatic rings. The van der Waals surface area contributed by atoms with Gasteiger partial charge in [-0.3, -0.25) is 14.4 Å². The topological polar surface area (TPSA) is 112 Å². The molecule has 0 spiro atoms. The zero-order valence-corrected chi connectivity index (χ0v) is 20.8. The number of hydrogen-bond donors (Lipinski definition) is 2. The number of rotatable bonds is 11. The Morgan fingerprint density at radius 1 is 0.829 bits per heavy atom. The molecule has 0 saturated heterocycles. The molecule has 4 fully saturated rings. The van der Waals surface area contributed by atoms with Crippen LogP contribution < -0.4 is 24.8 Å². The molecule has 5 rings (SSSR count). The van der Waals surface area contributed by atoms with Crippen LogP contribution in [0.1, 0.15) is 50.5 Å². The zero-order valence-electron chi connectivity index (χ0n) is 20.8. The Bertz CT molecular complexity index is 926. The van der Waals surface area contributed by atoms with Crippen LogP contribution in [0.25, 0.3) is 0 Å². The highest BCUT2D eigenvalue weighted by Crippen LogP contribution is 2.61. The molecule has 35 heavy (non-hydrogen) atoms. The molecule has 0 atom stereocenters. The van der Waals surface area contributed by atoms with Crippen LogP contribution in [-0.2, 0) is 25.7 Å². The first-order valence-corrected chi connectivity index (χ1v) is 12.3. The summed E-state index contributed by atoms with van der Waals surface area (Å²) in [6.45, 7) is -0.511. The summed E-state index contributed by atoms with van der Waals surface area (Å²) in [6.07, 6.45) is 7.89. The highest BCUT2D eigenvalue weighted by molar-refractivity contribution is 5.84. The SMILES string of the molecule is COc1cc(OC)c(OC)cc1CNC(=O)COC(=O)CNC(=O)CC12CC3CC(CC(C3)C1)C2. The minimum atomic E-state index is -0.636. The summed E-state index contributed by atoms with van der Waals surface area (Å²) < 4.78 is 20.9. The van der Waals surface area contributed by atoms with Gasteiger partial charge in [-0.15, -0.1) is 0 Å². The smallest absolute Gasteiger partial charge is 0.325 e. The monoisotopic (exact) mass is 488 g/mol. The Morgan fingerprint density at radius 2 is 1.40 bits per heavy atom. The van der Waals surface area contributed by atoms with Crippen LogP contribution in [0.2, 0.25) is 0 Å². The van der Waals surface area contributed by atoms with Crippen LogP contribution in [-0.4, -0.2) is 52.3 Å². The third kappa shape index (κ3) is 6.00. The molecule has 4 aliphatic carbocycles. The quantitative estimate of drug-likeness (QED) is 0.461. The summed E-state index contributed by atoms with van der Waals surface area (Å²) in [4.78, 5) is 36.8. The number of carbonyl (C=O) groups excluding carboxylic acids is 3. The van der Waals surface area contributed by atoms with Crippen molar-refractivity contribution in [3.05, 3.63) is 17.7 Å². The van der Waals surface area contributed by atoms with E-state index in [1.807, 2.05) is 0 Å². The molecule has 4 aliphatic rings. The average molecular weight is 489 g/mol. The van der Waals surface area contributed by atoms with Crippen molar-refractivity contribution < 1.29 is 33.3 Å². The molecule has 0 aliphatic heterocycles. The second-order valence-corrected chi connectivity index (χ2v) is 10.3. The summed E-state index contributed by atoms with van der Waals surface area (Å²) >= 11 is 0. The largest absolute Gasteiger partial charge is 0.496 e. The molecule has 0 aromatic heterocycles. The van der Waals surface area contributed by atoms with Crippen molar-refractivity contribution in [1.82, 2.24) is 10.6 Å². The minimum Gasteiger partial charge on any atom is -0.496 e. The van der Waals surface area contributed by atoms with Crippen molar-refractivity contribution in [3.63, 3.8) is 0 Å². The van der Waals surface area contributed by atoms with Crippen LogP contribution in [0.15, 0.2) is 12.1 Å². The van der Waals surface area contributed by atoms with Gasteiger partial charge in [0.2, 0.25) is 5.91 Å². The third-order valence-corrected chi connectivity index (χ3v) is 7.76. The van der Waals surface area contributed by atoms with E-state index in [0.717, 1.165) is 37.0 Å². The van der Waals surface area contributed by atoms with E-state index in [2.05, 4.69) is 10.6 Å².